The monoisotopic (exact) mass is 408 g/mol. The molecule has 2 amide bonds. The second-order valence-corrected chi connectivity index (χ2v) is 7.99. The third-order valence-electron chi connectivity index (χ3n) is 5.62. The third-order valence-corrected chi connectivity index (χ3v) is 5.62. The molecule has 0 aliphatic carbocycles. The van der Waals surface area contributed by atoms with Crippen LogP contribution in [0.3, 0.4) is 0 Å². The first-order chi connectivity index (χ1) is 14.6. The van der Waals surface area contributed by atoms with Crippen LogP contribution in [0.1, 0.15) is 31.7 Å². The zero-order valence-corrected chi connectivity index (χ0v) is 17.3. The molecule has 2 aliphatic heterocycles. The molecule has 4 rings (SSSR count). The van der Waals surface area contributed by atoms with Crippen molar-refractivity contribution in [2.24, 2.45) is 0 Å². The highest BCUT2D eigenvalue weighted by atomic mass is 16.6. The van der Waals surface area contributed by atoms with Crippen molar-refractivity contribution in [2.45, 2.75) is 38.8 Å². The van der Waals surface area contributed by atoms with Gasteiger partial charge < -0.3 is 10.1 Å². The summed E-state index contributed by atoms with van der Waals surface area (Å²) in [5.41, 5.74) is 3.44. The Morgan fingerprint density at radius 1 is 1.10 bits per heavy atom. The van der Waals surface area contributed by atoms with Crippen molar-refractivity contribution in [3.8, 4) is 11.1 Å². The summed E-state index contributed by atoms with van der Waals surface area (Å²) < 4.78 is 5.30. The van der Waals surface area contributed by atoms with Crippen LogP contribution in [0.5, 0.6) is 0 Å². The summed E-state index contributed by atoms with van der Waals surface area (Å²) in [4.78, 5) is 31.7. The molecule has 2 fully saturated rings. The van der Waals surface area contributed by atoms with Crippen LogP contribution in [0.25, 0.3) is 11.1 Å². The van der Waals surface area contributed by atoms with Crippen molar-refractivity contribution in [3.63, 3.8) is 0 Å². The lowest BCUT2D eigenvalue weighted by Gasteiger charge is -2.26. The molecule has 158 valence electrons. The van der Waals surface area contributed by atoms with Gasteiger partial charge in [-0.2, -0.15) is 0 Å². The van der Waals surface area contributed by atoms with Crippen LogP contribution in [0.2, 0.25) is 0 Å². The van der Waals surface area contributed by atoms with Crippen LogP contribution in [0, 0.1) is 0 Å². The quantitative estimate of drug-likeness (QED) is 0.795. The first-order valence-electron chi connectivity index (χ1n) is 10.6. The normalized spacial score (nSPS) is 19.6. The average Bonchev–Trinajstić information content (AvgIpc) is 3.14. The Kier molecular flexibility index (Phi) is 6.28. The number of hydrogen-bond donors (Lipinski definition) is 1. The highest BCUT2D eigenvalue weighted by Crippen LogP contribution is 2.24. The van der Waals surface area contributed by atoms with E-state index in [1.807, 2.05) is 12.1 Å². The number of cyclic esters (lactones) is 1. The van der Waals surface area contributed by atoms with Gasteiger partial charge in [0.2, 0.25) is 5.91 Å². The number of pyridine rings is 1. The number of ether oxygens (including phenoxy) is 1. The van der Waals surface area contributed by atoms with Gasteiger partial charge >= 0.3 is 6.09 Å². The zero-order valence-electron chi connectivity index (χ0n) is 17.3. The van der Waals surface area contributed by atoms with Gasteiger partial charge in [-0.05, 0) is 49.2 Å². The molecule has 0 unspecified atom stereocenters. The van der Waals surface area contributed by atoms with E-state index in [2.05, 4.69) is 39.5 Å². The van der Waals surface area contributed by atoms with Gasteiger partial charge in [0.15, 0.2) is 0 Å². The topological polar surface area (TPSA) is 74.8 Å². The molecule has 0 spiro atoms. The minimum Gasteiger partial charge on any atom is -0.442 e. The first-order valence-corrected chi connectivity index (χ1v) is 10.6. The fraction of sp³-hybridized carbons (Fsp3) is 0.435. The highest BCUT2D eigenvalue weighted by Gasteiger charge is 2.33. The van der Waals surface area contributed by atoms with E-state index in [1.165, 1.54) is 49.7 Å². The van der Waals surface area contributed by atoms with Gasteiger partial charge in [0.05, 0.1) is 13.1 Å². The molecule has 2 aliphatic rings. The van der Waals surface area contributed by atoms with E-state index in [9.17, 15) is 9.59 Å². The van der Waals surface area contributed by atoms with Crippen LogP contribution in [0.15, 0.2) is 42.6 Å². The standard InChI is InChI=1S/C23H28N4O3/c1-17(28)24-14-21-16-27(23(29)30-21)22-10-9-20(13-25-22)19-7-5-18(6-8-19)15-26-11-3-2-4-12-26/h5-10,13,21H,2-4,11-12,14-16H2,1H3,(H,24,28)/t21-/m0/s1. The molecule has 2 saturated heterocycles. The van der Waals surface area contributed by atoms with Crippen molar-refractivity contribution in [2.75, 3.05) is 31.1 Å². The van der Waals surface area contributed by atoms with Crippen molar-refractivity contribution < 1.29 is 14.3 Å². The molecule has 7 nitrogen and oxygen atoms in total. The Hall–Kier alpha value is -2.93. The van der Waals surface area contributed by atoms with Crippen LogP contribution < -0.4 is 10.2 Å². The lowest BCUT2D eigenvalue weighted by Crippen LogP contribution is -2.33. The molecule has 1 aromatic heterocycles. The molecule has 7 heteroatoms. The maximum absolute atomic E-state index is 12.1. The van der Waals surface area contributed by atoms with E-state index in [4.69, 9.17) is 4.74 Å². The van der Waals surface area contributed by atoms with Gasteiger partial charge in [-0.25, -0.2) is 9.78 Å². The molecule has 30 heavy (non-hydrogen) atoms. The van der Waals surface area contributed by atoms with E-state index >= 15 is 0 Å². The van der Waals surface area contributed by atoms with E-state index in [0.717, 1.165) is 17.7 Å². The second-order valence-electron chi connectivity index (χ2n) is 7.99. The molecule has 3 heterocycles. The fourth-order valence-corrected chi connectivity index (χ4v) is 3.97. The molecule has 0 bridgehead atoms. The number of anilines is 1. The minimum absolute atomic E-state index is 0.145. The predicted molar refractivity (Wildman–Crippen MR) is 115 cm³/mol. The Morgan fingerprint density at radius 2 is 1.83 bits per heavy atom. The van der Waals surface area contributed by atoms with Gasteiger partial charge in [0.25, 0.3) is 0 Å². The average molecular weight is 409 g/mol. The second kappa shape index (κ2) is 9.26. The Bertz CT molecular complexity index is 876. The molecule has 0 saturated carbocycles. The summed E-state index contributed by atoms with van der Waals surface area (Å²) in [5, 5.41) is 2.67. The van der Waals surface area contributed by atoms with Crippen LogP contribution in [-0.2, 0) is 16.1 Å². The summed E-state index contributed by atoms with van der Waals surface area (Å²) in [5.74, 6) is 0.407. The molecule has 0 radical (unpaired) electrons. The number of carbonyl (C=O) groups is 2. The Balaban J connectivity index is 1.37. The van der Waals surface area contributed by atoms with E-state index < -0.39 is 6.09 Å². The lowest BCUT2D eigenvalue weighted by atomic mass is 10.0. The zero-order chi connectivity index (χ0) is 20.9. The van der Waals surface area contributed by atoms with E-state index in [-0.39, 0.29) is 12.0 Å². The van der Waals surface area contributed by atoms with Gasteiger partial charge in [0.1, 0.15) is 11.9 Å². The summed E-state index contributed by atoms with van der Waals surface area (Å²) in [6.07, 6.45) is 4.93. The van der Waals surface area contributed by atoms with Crippen LogP contribution >= 0.6 is 0 Å². The van der Waals surface area contributed by atoms with Gasteiger partial charge in [-0.15, -0.1) is 0 Å². The lowest BCUT2D eigenvalue weighted by molar-refractivity contribution is -0.119. The van der Waals surface area contributed by atoms with E-state index in [1.54, 1.807) is 6.20 Å². The van der Waals surface area contributed by atoms with Crippen molar-refractivity contribution in [1.29, 1.82) is 0 Å². The maximum atomic E-state index is 12.1. The number of nitrogens with one attached hydrogen (secondary N) is 1. The largest absolute Gasteiger partial charge is 0.442 e. The van der Waals surface area contributed by atoms with Crippen LogP contribution in [0.4, 0.5) is 10.6 Å². The number of nitrogens with zero attached hydrogens (tertiary/aromatic N) is 3. The molecule has 2 aromatic rings. The SMILES string of the molecule is CC(=O)NC[C@H]1CN(c2ccc(-c3ccc(CN4CCCCC4)cc3)cn2)C(=O)O1. The molecule has 1 aromatic carbocycles. The summed E-state index contributed by atoms with van der Waals surface area (Å²) in [7, 11) is 0. The number of rotatable bonds is 6. The predicted octanol–water partition coefficient (Wildman–Crippen LogP) is 3.20. The number of amides is 2. The fourth-order valence-electron chi connectivity index (χ4n) is 3.97. The number of aromatic nitrogens is 1. The van der Waals surface area contributed by atoms with Gasteiger partial charge in [-0.3, -0.25) is 14.6 Å². The summed E-state index contributed by atoms with van der Waals surface area (Å²) >= 11 is 0. The van der Waals surface area contributed by atoms with Crippen LogP contribution in [-0.4, -0.2) is 54.2 Å². The van der Waals surface area contributed by atoms with Crippen molar-refractivity contribution in [3.05, 3.63) is 48.2 Å². The first kappa shape index (κ1) is 20.3. The summed E-state index contributed by atoms with van der Waals surface area (Å²) in [6, 6.07) is 12.4. The van der Waals surface area contributed by atoms with Gasteiger partial charge in [-0.1, -0.05) is 30.7 Å². The minimum atomic E-state index is -0.437. The number of likely N-dealkylation sites (tertiary alicyclic amines) is 1. The highest BCUT2D eigenvalue weighted by molar-refractivity contribution is 5.88. The van der Waals surface area contributed by atoms with Crippen molar-refractivity contribution >= 4 is 17.8 Å². The molecular formula is C23H28N4O3. The molecule has 1 atom stereocenters. The number of benzene rings is 1. The maximum Gasteiger partial charge on any atom is 0.416 e. The molecular weight excluding hydrogens is 380 g/mol. The smallest absolute Gasteiger partial charge is 0.416 e. The van der Waals surface area contributed by atoms with Crippen molar-refractivity contribution in [1.82, 2.24) is 15.2 Å². The third kappa shape index (κ3) is 4.97. The molecule has 1 N–H and O–H groups in total. The number of carbonyl (C=O) groups excluding carboxylic acids is 2. The summed E-state index contributed by atoms with van der Waals surface area (Å²) in [6.45, 7) is 5.51. The number of hydrogen-bond acceptors (Lipinski definition) is 5. The van der Waals surface area contributed by atoms with Gasteiger partial charge in [0, 0.05) is 25.2 Å². The number of piperidine rings is 1. The van der Waals surface area contributed by atoms with E-state index in [0.29, 0.717) is 18.9 Å². The Labute approximate surface area is 177 Å². The Morgan fingerprint density at radius 3 is 2.50 bits per heavy atom.